The standard InChI is InChI=1S/C27H27ClF3NO3/c1-34-26(33)22-12-19(22)14-32-9-8-18-11-20(13-24(28)25(18)32)35-15-16-6-7-21(17-4-2-3-5-17)23(10-16)27(29,30)31/h6-11,13,17,19,22H,2-5,12,14-15H2,1H3/t19-,22+/m1/s1. The largest absolute Gasteiger partial charge is 0.489 e. The third kappa shape index (κ3) is 5.01. The fourth-order valence-corrected chi connectivity index (χ4v) is 5.67. The van der Waals surface area contributed by atoms with Crippen LogP contribution in [0.5, 0.6) is 5.75 Å². The van der Waals surface area contributed by atoms with Gasteiger partial charge >= 0.3 is 12.1 Å². The number of aromatic nitrogens is 1. The van der Waals surface area contributed by atoms with Gasteiger partial charge < -0.3 is 14.0 Å². The van der Waals surface area contributed by atoms with Gasteiger partial charge in [-0.3, -0.25) is 4.79 Å². The number of hydrogen-bond acceptors (Lipinski definition) is 3. The zero-order chi connectivity index (χ0) is 24.7. The quantitative estimate of drug-likeness (QED) is 0.315. The number of halogens is 4. The van der Waals surface area contributed by atoms with Crippen LogP contribution < -0.4 is 4.74 Å². The maximum absolute atomic E-state index is 13.8. The van der Waals surface area contributed by atoms with Crippen molar-refractivity contribution in [1.82, 2.24) is 4.57 Å². The summed E-state index contributed by atoms with van der Waals surface area (Å²) in [6.45, 7) is 0.677. The van der Waals surface area contributed by atoms with E-state index in [1.807, 2.05) is 22.9 Å². The van der Waals surface area contributed by atoms with Crippen LogP contribution in [0, 0.1) is 11.8 Å². The van der Waals surface area contributed by atoms with E-state index in [0.717, 1.165) is 43.0 Å². The zero-order valence-corrected chi connectivity index (χ0v) is 20.2. The second-order valence-electron chi connectivity index (χ2n) is 9.63. The molecule has 1 aromatic heterocycles. The molecule has 0 spiro atoms. The van der Waals surface area contributed by atoms with Crippen LogP contribution in [0.15, 0.2) is 42.6 Å². The van der Waals surface area contributed by atoms with E-state index in [1.54, 1.807) is 18.2 Å². The number of rotatable bonds is 7. The molecule has 0 saturated heterocycles. The van der Waals surface area contributed by atoms with Crippen LogP contribution in [-0.2, 0) is 28.9 Å². The highest BCUT2D eigenvalue weighted by Crippen LogP contribution is 2.43. The Labute approximate surface area is 207 Å². The third-order valence-electron chi connectivity index (χ3n) is 7.27. The molecule has 2 aliphatic rings. The second-order valence-corrected chi connectivity index (χ2v) is 10.0. The average Bonchev–Trinajstić information content (AvgIpc) is 3.19. The highest BCUT2D eigenvalue weighted by atomic mass is 35.5. The Morgan fingerprint density at radius 3 is 2.63 bits per heavy atom. The van der Waals surface area contributed by atoms with Gasteiger partial charge in [0.25, 0.3) is 0 Å². The van der Waals surface area contributed by atoms with Gasteiger partial charge in [0.2, 0.25) is 0 Å². The highest BCUT2D eigenvalue weighted by Gasteiger charge is 2.44. The van der Waals surface area contributed by atoms with Crippen molar-refractivity contribution in [3.63, 3.8) is 0 Å². The fourth-order valence-electron chi connectivity index (χ4n) is 5.35. The molecule has 0 unspecified atom stereocenters. The Kier molecular flexibility index (Phi) is 6.47. The molecule has 0 radical (unpaired) electrons. The lowest BCUT2D eigenvalue weighted by Gasteiger charge is -2.19. The van der Waals surface area contributed by atoms with Crippen LogP contribution in [-0.4, -0.2) is 17.6 Å². The van der Waals surface area contributed by atoms with Gasteiger partial charge in [0, 0.05) is 24.2 Å². The van der Waals surface area contributed by atoms with Gasteiger partial charge in [-0.1, -0.05) is 36.6 Å². The predicted molar refractivity (Wildman–Crippen MR) is 128 cm³/mol. The minimum absolute atomic E-state index is 0.0133. The Hall–Kier alpha value is -2.67. The number of esters is 1. The minimum Gasteiger partial charge on any atom is -0.489 e. The molecule has 4 nitrogen and oxygen atoms in total. The molecule has 2 aliphatic carbocycles. The summed E-state index contributed by atoms with van der Waals surface area (Å²) in [5.74, 6) is 0.441. The van der Waals surface area contributed by atoms with Crippen molar-refractivity contribution in [2.75, 3.05) is 7.11 Å². The summed E-state index contributed by atoms with van der Waals surface area (Å²) in [6.07, 6.45) is 1.89. The number of nitrogens with zero attached hydrogens (tertiary/aromatic N) is 1. The lowest BCUT2D eigenvalue weighted by atomic mass is 9.91. The van der Waals surface area contributed by atoms with Gasteiger partial charge in [-0.2, -0.15) is 13.2 Å². The van der Waals surface area contributed by atoms with Gasteiger partial charge in [-0.05, 0) is 60.4 Å². The van der Waals surface area contributed by atoms with E-state index >= 15 is 0 Å². The van der Waals surface area contributed by atoms with Crippen molar-refractivity contribution in [1.29, 1.82) is 0 Å². The first kappa shape index (κ1) is 24.0. The van der Waals surface area contributed by atoms with Gasteiger partial charge in [0.15, 0.2) is 0 Å². The monoisotopic (exact) mass is 505 g/mol. The van der Waals surface area contributed by atoms with Crippen molar-refractivity contribution in [3.05, 3.63) is 64.3 Å². The molecule has 35 heavy (non-hydrogen) atoms. The van der Waals surface area contributed by atoms with E-state index < -0.39 is 11.7 Å². The minimum atomic E-state index is -4.40. The van der Waals surface area contributed by atoms with E-state index in [4.69, 9.17) is 21.1 Å². The van der Waals surface area contributed by atoms with E-state index in [9.17, 15) is 18.0 Å². The van der Waals surface area contributed by atoms with Crippen molar-refractivity contribution in [2.24, 2.45) is 11.8 Å². The molecule has 2 fully saturated rings. The Morgan fingerprint density at radius 1 is 1.14 bits per heavy atom. The van der Waals surface area contributed by atoms with Crippen molar-refractivity contribution < 1.29 is 27.4 Å². The summed E-state index contributed by atoms with van der Waals surface area (Å²) in [4.78, 5) is 11.7. The van der Waals surface area contributed by atoms with Gasteiger partial charge in [0.05, 0.1) is 29.1 Å². The topological polar surface area (TPSA) is 40.5 Å². The lowest BCUT2D eigenvalue weighted by molar-refractivity contribution is -0.142. The molecular formula is C27H27ClF3NO3. The van der Waals surface area contributed by atoms with E-state index in [-0.39, 0.29) is 30.3 Å². The molecule has 2 aromatic carbocycles. The number of methoxy groups -OCH3 is 1. The van der Waals surface area contributed by atoms with Crippen molar-refractivity contribution >= 4 is 28.5 Å². The lowest BCUT2D eigenvalue weighted by Crippen LogP contribution is -2.12. The molecule has 1 heterocycles. The van der Waals surface area contributed by atoms with Gasteiger partial charge in [-0.15, -0.1) is 0 Å². The van der Waals surface area contributed by atoms with E-state index in [0.29, 0.717) is 28.4 Å². The van der Waals surface area contributed by atoms with Crippen molar-refractivity contribution in [2.45, 2.75) is 57.3 Å². The second kappa shape index (κ2) is 9.41. The molecule has 2 atom stereocenters. The Balaban J connectivity index is 1.31. The van der Waals surface area contributed by atoms with Gasteiger partial charge in [0.1, 0.15) is 12.4 Å². The first-order chi connectivity index (χ1) is 16.7. The number of ether oxygens (including phenoxy) is 2. The summed E-state index contributed by atoms with van der Waals surface area (Å²) in [6, 6.07) is 10.0. The summed E-state index contributed by atoms with van der Waals surface area (Å²) in [7, 11) is 1.40. The number of benzene rings is 2. The number of carbonyl (C=O) groups excluding carboxylic acids is 1. The molecule has 0 amide bonds. The van der Waals surface area contributed by atoms with Gasteiger partial charge in [-0.25, -0.2) is 0 Å². The van der Waals surface area contributed by atoms with Crippen LogP contribution in [0.4, 0.5) is 13.2 Å². The summed E-state index contributed by atoms with van der Waals surface area (Å²) >= 11 is 6.56. The summed E-state index contributed by atoms with van der Waals surface area (Å²) in [5.41, 5.74) is 1.15. The molecule has 0 N–H and O–H groups in total. The molecule has 3 aromatic rings. The molecule has 0 bridgehead atoms. The third-order valence-corrected chi connectivity index (χ3v) is 7.56. The maximum atomic E-state index is 13.8. The SMILES string of the molecule is COC(=O)[C@H]1C[C@@H]1Cn1ccc2cc(OCc3ccc(C4CCCC4)c(C(F)(F)F)c3)cc(Cl)c21. The smallest absolute Gasteiger partial charge is 0.416 e. The number of hydrogen-bond donors (Lipinski definition) is 0. The zero-order valence-electron chi connectivity index (χ0n) is 19.4. The molecular weight excluding hydrogens is 479 g/mol. The van der Waals surface area contributed by atoms with Crippen LogP contribution in [0.3, 0.4) is 0 Å². The van der Waals surface area contributed by atoms with Crippen LogP contribution in [0.2, 0.25) is 5.02 Å². The Bertz CT molecular complexity index is 1250. The first-order valence-corrected chi connectivity index (χ1v) is 12.3. The highest BCUT2D eigenvalue weighted by molar-refractivity contribution is 6.35. The fraction of sp³-hybridized carbons (Fsp3) is 0.444. The predicted octanol–water partition coefficient (Wildman–Crippen LogP) is 7.36. The summed E-state index contributed by atoms with van der Waals surface area (Å²) < 4.78 is 54.0. The maximum Gasteiger partial charge on any atom is 0.416 e. The molecule has 5 rings (SSSR count). The molecule has 2 saturated carbocycles. The number of fused-ring (bicyclic) bond motifs is 1. The number of alkyl halides is 3. The Morgan fingerprint density at radius 2 is 1.91 bits per heavy atom. The molecule has 0 aliphatic heterocycles. The van der Waals surface area contributed by atoms with E-state index in [2.05, 4.69) is 0 Å². The molecule has 8 heteroatoms. The molecule has 186 valence electrons. The van der Waals surface area contributed by atoms with Crippen molar-refractivity contribution in [3.8, 4) is 5.75 Å². The normalized spacial score (nSPS) is 20.4. The number of carbonyl (C=O) groups is 1. The summed E-state index contributed by atoms with van der Waals surface area (Å²) in [5, 5.41) is 1.36. The van der Waals surface area contributed by atoms with Crippen LogP contribution in [0.1, 0.15) is 54.7 Å². The first-order valence-electron chi connectivity index (χ1n) is 11.9. The van der Waals surface area contributed by atoms with E-state index in [1.165, 1.54) is 13.2 Å². The average molecular weight is 506 g/mol. The van der Waals surface area contributed by atoms with Crippen LogP contribution in [0.25, 0.3) is 10.9 Å². The van der Waals surface area contributed by atoms with Crippen LogP contribution >= 0.6 is 11.6 Å².